The van der Waals surface area contributed by atoms with Gasteiger partial charge in [0.15, 0.2) is 0 Å². The third-order valence-electron chi connectivity index (χ3n) is 4.96. The van der Waals surface area contributed by atoms with E-state index in [-0.39, 0.29) is 17.6 Å². The molecule has 1 fully saturated rings. The van der Waals surface area contributed by atoms with Crippen molar-refractivity contribution in [3.05, 3.63) is 18.0 Å². The van der Waals surface area contributed by atoms with Crippen LogP contribution in [0, 0.1) is 0 Å². The molecule has 0 saturated heterocycles. The Morgan fingerprint density at radius 3 is 3.00 bits per heavy atom. The number of hydrogen-bond donors (Lipinski definition) is 3. The third kappa shape index (κ3) is 2.55. The van der Waals surface area contributed by atoms with Crippen molar-refractivity contribution in [3.8, 4) is 0 Å². The number of aliphatic hydroxyl groups excluding tert-OH is 1. The maximum atomic E-state index is 11.9. The summed E-state index contributed by atoms with van der Waals surface area (Å²) in [6.07, 6.45) is 4.96. The van der Waals surface area contributed by atoms with Gasteiger partial charge in [-0.15, -0.1) is 0 Å². The van der Waals surface area contributed by atoms with Crippen molar-refractivity contribution in [2.24, 2.45) is 0 Å². The van der Waals surface area contributed by atoms with E-state index >= 15 is 0 Å². The van der Waals surface area contributed by atoms with E-state index in [4.69, 9.17) is 0 Å². The minimum absolute atomic E-state index is 0.0583. The van der Waals surface area contributed by atoms with Crippen LogP contribution in [0.1, 0.15) is 43.1 Å². The standard InChI is InChI=1S/C16H21N5O2/c1-16(4-2-11(22)3-5-16)20-15-18-9-10-8-12-14(23)17-6-7-21(12)13(10)19-15/h8-9,11,22H,2-7H2,1H3,(H,17,23)(H,18,19,20). The number of anilines is 1. The highest BCUT2D eigenvalue weighted by Gasteiger charge is 2.31. The zero-order chi connectivity index (χ0) is 16.0. The lowest BCUT2D eigenvalue weighted by Crippen LogP contribution is -2.40. The first-order chi connectivity index (χ1) is 11.0. The number of amides is 1. The molecule has 1 amide bonds. The third-order valence-corrected chi connectivity index (χ3v) is 4.96. The highest BCUT2D eigenvalue weighted by molar-refractivity contribution is 5.98. The van der Waals surface area contributed by atoms with Crippen LogP contribution in [0.2, 0.25) is 0 Å². The Morgan fingerprint density at radius 2 is 2.22 bits per heavy atom. The summed E-state index contributed by atoms with van der Waals surface area (Å²) >= 11 is 0. The average Bonchev–Trinajstić information content (AvgIpc) is 2.90. The topological polar surface area (TPSA) is 92.1 Å². The van der Waals surface area contributed by atoms with Gasteiger partial charge in [-0.1, -0.05) is 0 Å². The van der Waals surface area contributed by atoms with Crippen LogP contribution < -0.4 is 10.6 Å². The first-order valence-corrected chi connectivity index (χ1v) is 8.15. The molecule has 7 heteroatoms. The summed E-state index contributed by atoms with van der Waals surface area (Å²) in [4.78, 5) is 21.0. The first-order valence-electron chi connectivity index (χ1n) is 8.15. The van der Waals surface area contributed by atoms with Gasteiger partial charge in [0, 0.05) is 30.2 Å². The molecular weight excluding hydrogens is 294 g/mol. The van der Waals surface area contributed by atoms with Gasteiger partial charge in [-0.05, 0) is 38.7 Å². The highest BCUT2D eigenvalue weighted by atomic mass is 16.3. The molecule has 3 N–H and O–H groups in total. The van der Waals surface area contributed by atoms with E-state index < -0.39 is 0 Å². The van der Waals surface area contributed by atoms with Crippen LogP contribution in [0.5, 0.6) is 0 Å². The molecule has 1 aliphatic heterocycles. The van der Waals surface area contributed by atoms with E-state index in [2.05, 4.69) is 27.5 Å². The Balaban J connectivity index is 1.65. The molecule has 2 aliphatic rings. The molecule has 7 nitrogen and oxygen atoms in total. The molecule has 0 atom stereocenters. The molecule has 0 spiro atoms. The van der Waals surface area contributed by atoms with Gasteiger partial charge in [0.2, 0.25) is 5.95 Å². The fourth-order valence-corrected chi connectivity index (χ4v) is 3.52. The normalized spacial score (nSPS) is 27.6. The minimum Gasteiger partial charge on any atom is -0.393 e. The van der Waals surface area contributed by atoms with Crippen LogP contribution in [0.4, 0.5) is 5.95 Å². The van der Waals surface area contributed by atoms with E-state index in [1.807, 2.05) is 10.6 Å². The van der Waals surface area contributed by atoms with Crippen LogP contribution in [-0.2, 0) is 6.54 Å². The summed E-state index contributed by atoms with van der Waals surface area (Å²) in [5, 5.41) is 16.8. The zero-order valence-corrected chi connectivity index (χ0v) is 13.2. The number of fused-ring (bicyclic) bond motifs is 3. The Hall–Kier alpha value is -2.15. The lowest BCUT2D eigenvalue weighted by atomic mass is 9.82. The summed E-state index contributed by atoms with van der Waals surface area (Å²) in [6.45, 7) is 3.50. The maximum Gasteiger partial charge on any atom is 0.268 e. The van der Waals surface area contributed by atoms with Gasteiger partial charge in [0.05, 0.1) is 6.10 Å². The van der Waals surface area contributed by atoms with Gasteiger partial charge in [-0.25, -0.2) is 4.98 Å². The molecule has 2 aromatic heterocycles. The van der Waals surface area contributed by atoms with E-state index in [0.717, 1.165) is 43.3 Å². The fourth-order valence-electron chi connectivity index (χ4n) is 3.52. The van der Waals surface area contributed by atoms with E-state index in [1.165, 1.54) is 0 Å². The fraction of sp³-hybridized carbons (Fsp3) is 0.562. The number of carbonyl (C=O) groups excluding carboxylic acids is 1. The molecule has 0 radical (unpaired) electrons. The van der Waals surface area contributed by atoms with Gasteiger partial charge in [-0.2, -0.15) is 4.98 Å². The second-order valence-corrected chi connectivity index (χ2v) is 6.83. The Morgan fingerprint density at radius 1 is 1.43 bits per heavy atom. The van der Waals surface area contributed by atoms with Crippen LogP contribution in [0.25, 0.3) is 11.0 Å². The second-order valence-electron chi connectivity index (χ2n) is 6.83. The molecular formula is C16H21N5O2. The minimum atomic E-state index is -0.190. The summed E-state index contributed by atoms with van der Waals surface area (Å²) in [5.74, 6) is 0.528. The number of aliphatic hydroxyl groups is 1. The van der Waals surface area contributed by atoms with Gasteiger partial charge < -0.3 is 20.3 Å². The highest BCUT2D eigenvalue weighted by Crippen LogP contribution is 2.31. The Bertz CT molecular complexity index is 761. The van der Waals surface area contributed by atoms with Crippen molar-refractivity contribution in [2.45, 2.75) is 50.8 Å². The van der Waals surface area contributed by atoms with Gasteiger partial charge in [0.1, 0.15) is 11.3 Å². The van der Waals surface area contributed by atoms with Gasteiger partial charge in [0.25, 0.3) is 5.91 Å². The van der Waals surface area contributed by atoms with Gasteiger partial charge >= 0.3 is 0 Å². The molecule has 122 valence electrons. The van der Waals surface area contributed by atoms with E-state index in [9.17, 15) is 9.90 Å². The SMILES string of the molecule is CC1(Nc2ncc3cc4n(c3n2)CCNC4=O)CCC(O)CC1. The van der Waals surface area contributed by atoms with E-state index in [0.29, 0.717) is 18.2 Å². The average molecular weight is 315 g/mol. The lowest BCUT2D eigenvalue weighted by molar-refractivity contribution is 0.0929. The summed E-state index contributed by atoms with van der Waals surface area (Å²) in [6, 6.07) is 1.84. The van der Waals surface area contributed by atoms with Crippen molar-refractivity contribution in [1.29, 1.82) is 0 Å². The second kappa shape index (κ2) is 5.19. The lowest BCUT2D eigenvalue weighted by Gasteiger charge is -2.36. The molecule has 4 rings (SSSR count). The van der Waals surface area contributed by atoms with Crippen molar-refractivity contribution in [1.82, 2.24) is 19.9 Å². The van der Waals surface area contributed by atoms with E-state index in [1.54, 1.807) is 6.20 Å². The van der Waals surface area contributed by atoms with Crippen LogP contribution >= 0.6 is 0 Å². The number of nitrogens with one attached hydrogen (secondary N) is 2. The predicted molar refractivity (Wildman–Crippen MR) is 86.4 cm³/mol. The summed E-state index contributed by atoms with van der Waals surface area (Å²) in [5.41, 5.74) is 1.35. The van der Waals surface area contributed by atoms with Crippen LogP contribution in [-0.4, -0.2) is 43.7 Å². The molecule has 0 unspecified atom stereocenters. The monoisotopic (exact) mass is 315 g/mol. The van der Waals surface area contributed by atoms with Crippen molar-refractivity contribution in [3.63, 3.8) is 0 Å². The largest absolute Gasteiger partial charge is 0.393 e. The van der Waals surface area contributed by atoms with Crippen molar-refractivity contribution in [2.75, 3.05) is 11.9 Å². The number of carbonyl (C=O) groups is 1. The smallest absolute Gasteiger partial charge is 0.268 e. The van der Waals surface area contributed by atoms with Gasteiger partial charge in [-0.3, -0.25) is 4.79 Å². The molecule has 1 saturated carbocycles. The van der Waals surface area contributed by atoms with Crippen molar-refractivity contribution < 1.29 is 9.90 Å². The molecule has 2 aromatic rings. The predicted octanol–water partition coefficient (Wildman–Crippen LogP) is 1.28. The summed E-state index contributed by atoms with van der Waals surface area (Å²) < 4.78 is 1.95. The number of hydrogen-bond acceptors (Lipinski definition) is 5. The zero-order valence-electron chi connectivity index (χ0n) is 13.2. The quantitative estimate of drug-likeness (QED) is 0.776. The van der Waals surface area contributed by atoms with Crippen LogP contribution in [0.3, 0.4) is 0 Å². The molecule has 3 heterocycles. The number of rotatable bonds is 2. The number of nitrogens with zero attached hydrogens (tertiary/aromatic N) is 3. The molecule has 0 bridgehead atoms. The number of aromatic nitrogens is 3. The summed E-state index contributed by atoms with van der Waals surface area (Å²) in [7, 11) is 0. The Labute approximate surface area is 134 Å². The first kappa shape index (κ1) is 14.4. The Kier molecular flexibility index (Phi) is 3.26. The molecule has 23 heavy (non-hydrogen) atoms. The van der Waals surface area contributed by atoms with Crippen molar-refractivity contribution >= 4 is 22.9 Å². The maximum absolute atomic E-state index is 11.9. The molecule has 1 aliphatic carbocycles. The molecule has 0 aromatic carbocycles. The van der Waals surface area contributed by atoms with Crippen LogP contribution in [0.15, 0.2) is 12.3 Å².